The van der Waals surface area contributed by atoms with Crippen molar-refractivity contribution >= 4 is 44.5 Å². The molecule has 1 aromatic carbocycles. The molecule has 0 aliphatic heterocycles. The lowest BCUT2D eigenvalue weighted by molar-refractivity contribution is -0.144. The van der Waals surface area contributed by atoms with Gasteiger partial charge in [0.1, 0.15) is 5.75 Å². The summed E-state index contributed by atoms with van der Waals surface area (Å²) in [6.07, 6.45) is -0.829. The van der Waals surface area contributed by atoms with Gasteiger partial charge in [-0.2, -0.15) is 0 Å². The molecule has 0 spiro atoms. The highest BCUT2D eigenvalue weighted by atomic mass is 127. The summed E-state index contributed by atoms with van der Waals surface area (Å²) in [4.78, 5) is 10.5. The number of ether oxygens (including phenoxy) is 1. The van der Waals surface area contributed by atoms with E-state index in [1.165, 1.54) is 6.92 Å². The highest BCUT2D eigenvalue weighted by Gasteiger charge is 2.13. The van der Waals surface area contributed by atoms with Crippen molar-refractivity contribution in [3.63, 3.8) is 0 Å². The second kappa shape index (κ2) is 4.97. The second-order valence-corrected chi connectivity index (χ2v) is 4.75. The van der Waals surface area contributed by atoms with Gasteiger partial charge in [-0.05, 0) is 47.7 Å². The molecule has 0 unspecified atom stereocenters. The van der Waals surface area contributed by atoms with Gasteiger partial charge in [0, 0.05) is 4.47 Å². The Morgan fingerprint density at radius 2 is 2.29 bits per heavy atom. The zero-order chi connectivity index (χ0) is 10.7. The Labute approximate surface area is 104 Å². The molecule has 1 N–H and O–H groups in total. The van der Waals surface area contributed by atoms with Gasteiger partial charge < -0.3 is 9.84 Å². The Morgan fingerprint density at radius 1 is 1.64 bits per heavy atom. The van der Waals surface area contributed by atoms with Crippen LogP contribution in [-0.2, 0) is 4.79 Å². The molecule has 1 atom stereocenters. The predicted octanol–water partition coefficient (Wildman–Crippen LogP) is 2.91. The predicted molar refractivity (Wildman–Crippen MR) is 64.6 cm³/mol. The van der Waals surface area contributed by atoms with E-state index in [1.807, 2.05) is 12.1 Å². The summed E-state index contributed by atoms with van der Waals surface area (Å²) in [7, 11) is 0. The molecule has 0 fully saturated rings. The third-order valence-electron chi connectivity index (χ3n) is 1.55. The van der Waals surface area contributed by atoms with E-state index in [1.54, 1.807) is 6.07 Å². The molecular weight excluding hydrogens is 363 g/mol. The number of hydrogen-bond acceptors (Lipinski definition) is 2. The number of rotatable bonds is 3. The van der Waals surface area contributed by atoms with E-state index in [-0.39, 0.29) is 0 Å². The van der Waals surface area contributed by atoms with Crippen LogP contribution < -0.4 is 4.74 Å². The Morgan fingerprint density at radius 3 is 2.79 bits per heavy atom. The van der Waals surface area contributed by atoms with E-state index in [0.29, 0.717) is 5.75 Å². The third-order valence-corrected chi connectivity index (χ3v) is 2.88. The summed E-state index contributed by atoms with van der Waals surface area (Å²) < 4.78 is 7.06. The van der Waals surface area contributed by atoms with Crippen molar-refractivity contribution in [2.24, 2.45) is 0 Å². The van der Waals surface area contributed by atoms with Gasteiger partial charge >= 0.3 is 5.97 Å². The molecule has 0 aliphatic rings. The van der Waals surface area contributed by atoms with Crippen LogP contribution in [0, 0.1) is 3.57 Å². The largest absolute Gasteiger partial charge is 0.479 e. The molecular formula is C9H8BrIO3. The van der Waals surface area contributed by atoms with Crippen LogP contribution in [0.2, 0.25) is 0 Å². The van der Waals surface area contributed by atoms with Crippen LogP contribution >= 0.6 is 38.5 Å². The molecule has 5 heteroatoms. The fourth-order valence-corrected chi connectivity index (χ4v) is 2.24. The molecule has 0 amide bonds. The molecule has 76 valence electrons. The molecule has 0 aliphatic carbocycles. The van der Waals surface area contributed by atoms with Gasteiger partial charge in [-0.3, -0.25) is 0 Å². The van der Waals surface area contributed by atoms with Gasteiger partial charge in [-0.25, -0.2) is 4.79 Å². The minimum absolute atomic E-state index is 0.587. The maximum Gasteiger partial charge on any atom is 0.344 e. The van der Waals surface area contributed by atoms with Gasteiger partial charge in [0.2, 0.25) is 0 Å². The van der Waals surface area contributed by atoms with Crippen LogP contribution in [0.5, 0.6) is 5.75 Å². The summed E-state index contributed by atoms with van der Waals surface area (Å²) >= 11 is 5.41. The first-order valence-corrected chi connectivity index (χ1v) is 5.72. The fourth-order valence-electron chi connectivity index (χ4n) is 0.812. The second-order valence-electron chi connectivity index (χ2n) is 2.67. The molecule has 1 aromatic rings. The number of benzene rings is 1. The van der Waals surface area contributed by atoms with Gasteiger partial charge in [0.15, 0.2) is 6.10 Å². The number of carboxylic acid groups (broad SMARTS) is 1. The highest BCUT2D eigenvalue weighted by Crippen LogP contribution is 2.25. The molecule has 0 heterocycles. The SMILES string of the molecule is C[C@H](Oc1ccc(Br)cc1I)C(=O)O. The monoisotopic (exact) mass is 370 g/mol. The maximum atomic E-state index is 10.5. The summed E-state index contributed by atoms with van der Waals surface area (Å²) in [6, 6.07) is 5.42. The van der Waals surface area contributed by atoms with Gasteiger partial charge in [-0.15, -0.1) is 0 Å². The van der Waals surface area contributed by atoms with Crippen LogP contribution in [0.25, 0.3) is 0 Å². The lowest BCUT2D eigenvalue weighted by Gasteiger charge is -2.11. The summed E-state index contributed by atoms with van der Waals surface area (Å²) in [6.45, 7) is 1.50. The van der Waals surface area contributed by atoms with Crippen LogP contribution in [-0.4, -0.2) is 17.2 Å². The van der Waals surface area contributed by atoms with Gasteiger partial charge in [0.05, 0.1) is 3.57 Å². The lowest BCUT2D eigenvalue weighted by atomic mass is 10.3. The average Bonchev–Trinajstić information content (AvgIpc) is 2.09. The Balaban J connectivity index is 2.82. The van der Waals surface area contributed by atoms with Crippen LogP contribution in [0.3, 0.4) is 0 Å². The number of carbonyl (C=O) groups is 1. The first kappa shape index (κ1) is 11.8. The maximum absolute atomic E-state index is 10.5. The molecule has 0 radical (unpaired) electrons. The molecule has 0 saturated heterocycles. The molecule has 0 aromatic heterocycles. The van der Waals surface area contributed by atoms with E-state index >= 15 is 0 Å². The van der Waals surface area contributed by atoms with Crippen molar-refractivity contribution in [2.45, 2.75) is 13.0 Å². The normalized spacial score (nSPS) is 12.2. The zero-order valence-corrected chi connectivity index (χ0v) is 11.1. The molecule has 0 bridgehead atoms. The van der Waals surface area contributed by atoms with E-state index in [4.69, 9.17) is 9.84 Å². The molecule has 14 heavy (non-hydrogen) atoms. The van der Waals surface area contributed by atoms with Crippen molar-refractivity contribution in [2.75, 3.05) is 0 Å². The summed E-state index contributed by atoms with van der Waals surface area (Å²) in [5.41, 5.74) is 0. The van der Waals surface area contributed by atoms with E-state index < -0.39 is 12.1 Å². The Bertz CT molecular complexity index is 354. The lowest BCUT2D eigenvalue weighted by Crippen LogP contribution is -2.23. The minimum atomic E-state index is -0.969. The topological polar surface area (TPSA) is 46.5 Å². The standard InChI is InChI=1S/C9H8BrIO3/c1-5(9(12)13)14-8-3-2-6(10)4-7(8)11/h2-5H,1H3,(H,12,13)/t5-/m0/s1. The first-order valence-electron chi connectivity index (χ1n) is 3.85. The molecule has 1 rings (SSSR count). The van der Waals surface area contributed by atoms with Crippen molar-refractivity contribution in [3.8, 4) is 5.75 Å². The van der Waals surface area contributed by atoms with Gasteiger partial charge in [-0.1, -0.05) is 15.9 Å². The van der Waals surface area contributed by atoms with E-state index in [2.05, 4.69) is 38.5 Å². The molecule has 3 nitrogen and oxygen atoms in total. The number of hydrogen-bond donors (Lipinski definition) is 1. The van der Waals surface area contributed by atoms with Crippen LogP contribution in [0.15, 0.2) is 22.7 Å². The number of carboxylic acids is 1. The summed E-state index contributed by atoms with van der Waals surface area (Å²) in [5.74, 6) is -0.382. The fraction of sp³-hybridized carbons (Fsp3) is 0.222. The molecule has 0 saturated carbocycles. The average molecular weight is 371 g/mol. The Hall–Kier alpha value is -0.300. The number of halogens is 2. The van der Waals surface area contributed by atoms with Crippen molar-refractivity contribution in [1.29, 1.82) is 0 Å². The van der Waals surface area contributed by atoms with Crippen LogP contribution in [0.1, 0.15) is 6.92 Å². The van der Waals surface area contributed by atoms with Crippen molar-refractivity contribution in [3.05, 3.63) is 26.2 Å². The van der Waals surface area contributed by atoms with Crippen LogP contribution in [0.4, 0.5) is 0 Å². The minimum Gasteiger partial charge on any atom is -0.479 e. The summed E-state index contributed by atoms with van der Waals surface area (Å²) in [5, 5.41) is 8.65. The third kappa shape index (κ3) is 3.13. The smallest absolute Gasteiger partial charge is 0.344 e. The zero-order valence-electron chi connectivity index (χ0n) is 7.33. The highest BCUT2D eigenvalue weighted by molar-refractivity contribution is 14.1. The Kier molecular flexibility index (Phi) is 4.18. The van der Waals surface area contributed by atoms with E-state index in [0.717, 1.165) is 8.04 Å². The van der Waals surface area contributed by atoms with Crippen molar-refractivity contribution < 1.29 is 14.6 Å². The van der Waals surface area contributed by atoms with E-state index in [9.17, 15) is 4.79 Å². The number of aliphatic carboxylic acids is 1. The quantitative estimate of drug-likeness (QED) is 0.832. The van der Waals surface area contributed by atoms with Gasteiger partial charge in [0.25, 0.3) is 0 Å². The van der Waals surface area contributed by atoms with Crippen molar-refractivity contribution in [1.82, 2.24) is 0 Å². The first-order chi connectivity index (χ1) is 6.50.